The molecule has 0 bridgehead atoms. The van der Waals surface area contributed by atoms with E-state index in [1.165, 1.54) is 12.8 Å². The molecule has 0 fully saturated rings. The van der Waals surface area contributed by atoms with Gasteiger partial charge in [0.1, 0.15) is 0 Å². The molecule has 0 spiro atoms. The number of hydrogen-bond acceptors (Lipinski definition) is 2. The van der Waals surface area contributed by atoms with Gasteiger partial charge in [-0.3, -0.25) is 0 Å². The van der Waals surface area contributed by atoms with Crippen molar-refractivity contribution in [2.45, 2.75) is 90.1 Å². The Morgan fingerprint density at radius 2 is 1.76 bits per heavy atom. The van der Waals surface area contributed by atoms with Crippen molar-refractivity contribution < 1.29 is 8.62 Å². The van der Waals surface area contributed by atoms with Gasteiger partial charge in [-0.15, -0.1) is 0 Å². The monoisotopic (exact) mass is 264 g/mol. The van der Waals surface area contributed by atoms with E-state index >= 15 is 0 Å². The van der Waals surface area contributed by atoms with Crippen LogP contribution in [-0.4, -0.2) is 16.5 Å². The predicted octanol–water partition coefficient (Wildman–Crippen LogP) is 5.54. The minimum atomic E-state index is -0.369. The van der Waals surface area contributed by atoms with Gasteiger partial charge in [-0.05, 0) is 47.0 Å². The van der Waals surface area contributed by atoms with Crippen LogP contribution in [0.25, 0.3) is 0 Å². The Morgan fingerprint density at radius 3 is 2.18 bits per heavy atom. The second kappa shape index (κ2) is 7.63. The summed E-state index contributed by atoms with van der Waals surface area (Å²) in [6, 6.07) is 0. The van der Waals surface area contributed by atoms with Gasteiger partial charge in [0.25, 0.3) is 0 Å². The average molecular weight is 264 g/mol. The fourth-order valence-corrected chi connectivity index (χ4v) is 2.73. The molecule has 17 heavy (non-hydrogen) atoms. The Bertz CT molecular complexity index is 204. The second-order valence-electron chi connectivity index (χ2n) is 6.06. The summed E-state index contributed by atoms with van der Waals surface area (Å²) in [5, 5.41) is 0. The lowest BCUT2D eigenvalue weighted by Gasteiger charge is -2.35. The highest BCUT2D eigenvalue weighted by Gasteiger charge is 2.32. The van der Waals surface area contributed by atoms with Crippen molar-refractivity contribution in [3.05, 3.63) is 0 Å². The highest BCUT2D eigenvalue weighted by atomic mass is 32.2. The molecular weight excluding hydrogens is 235 g/mol. The summed E-state index contributed by atoms with van der Waals surface area (Å²) in [4.78, 5) is 0. The fraction of sp³-hybridized carbons (Fsp3) is 1.00. The molecule has 0 N–H and O–H groups in total. The second-order valence-corrected chi connectivity index (χ2v) is 7.32. The summed E-state index contributed by atoms with van der Waals surface area (Å²) in [5.41, 5.74) is -0.253. The molecule has 0 aliphatic heterocycles. The molecule has 0 aliphatic carbocycles. The highest BCUT2D eigenvalue weighted by Crippen LogP contribution is 2.36. The van der Waals surface area contributed by atoms with Crippen molar-refractivity contribution in [3.63, 3.8) is 0 Å². The molecule has 0 saturated heterocycles. The molecule has 104 valence electrons. The molecule has 0 aliphatic rings. The molecule has 0 amide bonds. The minimum Gasteiger partial charge on any atom is -0.372 e. The molecule has 1 unspecified atom stereocenters. The van der Waals surface area contributed by atoms with Crippen LogP contribution in [0, 0.1) is 0 Å². The Kier molecular flexibility index (Phi) is 7.73. The van der Waals surface area contributed by atoms with Crippen molar-refractivity contribution in [2.75, 3.05) is 0 Å². The Morgan fingerprint density at radius 1 is 1.18 bits per heavy atom. The van der Waals surface area contributed by atoms with Crippen LogP contribution >= 0.6 is 12.1 Å². The van der Waals surface area contributed by atoms with Gasteiger partial charge in [-0.2, -0.15) is 3.89 Å². The van der Waals surface area contributed by atoms with Gasteiger partial charge in [0.05, 0.1) is 23.9 Å². The molecule has 0 rings (SSSR count). The van der Waals surface area contributed by atoms with Crippen LogP contribution in [0.15, 0.2) is 0 Å². The molecule has 0 radical (unpaired) electrons. The van der Waals surface area contributed by atoms with Crippen LogP contribution in [0.3, 0.4) is 0 Å². The zero-order valence-corrected chi connectivity index (χ0v) is 13.1. The van der Waals surface area contributed by atoms with E-state index in [2.05, 4.69) is 27.7 Å². The van der Waals surface area contributed by atoms with E-state index in [9.17, 15) is 3.89 Å². The molecule has 0 aromatic heterocycles. The van der Waals surface area contributed by atoms with Crippen molar-refractivity contribution in [3.8, 4) is 0 Å². The first kappa shape index (κ1) is 17.2. The zero-order valence-electron chi connectivity index (χ0n) is 12.3. The summed E-state index contributed by atoms with van der Waals surface area (Å²) in [6.45, 7) is 12.3. The summed E-state index contributed by atoms with van der Waals surface area (Å²) in [7, 11) is 0. The van der Waals surface area contributed by atoms with Crippen LogP contribution in [-0.2, 0) is 4.74 Å². The van der Waals surface area contributed by atoms with Crippen molar-refractivity contribution >= 4 is 12.1 Å². The number of rotatable bonds is 9. The van der Waals surface area contributed by atoms with Crippen molar-refractivity contribution in [2.24, 2.45) is 0 Å². The van der Waals surface area contributed by atoms with E-state index in [1.807, 2.05) is 13.8 Å². The number of ether oxygens (including phenoxy) is 1. The lowest BCUT2D eigenvalue weighted by Crippen LogP contribution is -2.36. The number of unbranched alkanes of at least 4 members (excludes halogenated alkanes) is 1. The first-order valence-electron chi connectivity index (χ1n) is 6.74. The summed E-state index contributed by atoms with van der Waals surface area (Å²) >= 11 is 0.427. The zero-order chi connectivity index (χ0) is 13.5. The first-order chi connectivity index (χ1) is 7.76. The maximum absolute atomic E-state index is 12.8. The molecule has 3 heteroatoms. The third-order valence-corrected chi connectivity index (χ3v) is 3.44. The first-order valence-corrected chi connectivity index (χ1v) is 7.45. The van der Waals surface area contributed by atoms with Crippen LogP contribution in [0.5, 0.6) is 0 Å². The van der Waals surface area contributed by atoms with Gasteiger partial charge < -0.3 is 4.74 Å². The summed E-state index contributed by atoms with van der Waals surface area (Å²) in [6.07, 6.45) is 5.59. The molecule has 0 heterocycles. The molecular formula is C14H29FOS. The normalized spacial score (nSPS) is 15.0. The van der Waals surface area contributed by atoms with E-state index in [1.54, 1.807) is 0 Å². The van der Waals surface area contributed by atoms with Crippen LogP contribution < -0.4 is 0 Å². The molecule has 1 nitrogen and oxygen atoms in total. The smallest absolute Gasteiger partial charge is 0.0644 e. The summed E-state index contributed by atoms with van der Waals surface area (Å²) in [5.74, 6) is 0. The minimum absolute atomic E-state index is 0.253. The van der Waals surface area contributed by atoms with Crippen LogP contribution in [0.4, 0.5) is 3.89 Å². The van der Waals surface area contributed by atoms with E-state index in [0.717, 1.165) is 19.3 Å². The van der Waals surface area contributed by atoms with E-state index in [0.29, 0.717) is 18.3 Å². The number of hydrogen-bond donors (Lipinski definition) is 0. The van der Waals surface area contributed by atoms with Gasteiger partial charge in [-0.1, -0.05) is 26.7 Å². The topological polar surface area (TPSA) is 9.23 Å². The summed E-state index contributed by atoms with van der Waals surface area (Å²) < 4.78 is 18.6. The van der Waals surface area contributed by atoms with Crippen molar-refractivity contribution in [1.29, 1.82) is 0 Å². The Labute approximate surface area is 111 Å². The molecule has 1 atom stereocenters. The predicted molar refractivity (Wildman–Crippen MR) is 76.2 cm³/mol. The van der Waals surface area contributed by atoms with Gasteiger partial charge in [0, 0.05) is 4.75 Å². The van der Waals surface area contributed by atoms with E-state index in [-0.39, 0.29) is 10.3 Å². The van der Waals surface area contributed by atoms with Crippen LogP contribution in [0.2, 0.25) is 0 Å². The van der Waals surface area contributed by atoms with Crippen molar-refractivity contribution in [1.82, 2.24) is 0 Å². The fourth-order valence-electron chi connectivity index (χ4n) is 2.32. The van der Waals surface area contributed by atoms with E-state index in [4.69, 9.17) is 4.74 Å². The lowest BCUT2D eigenvalue weighted by molar-refractivity contribution is -0.0841. The number of halogens is 1. The third kappa shape index (κ3) is 8.04. The molecule has 0 aromatic rings. The molecule has 0 aromatic carbocycles. The SMILES string of the molecule is CCCCC(CC)OC(C)(C)CC(C)(C)SF. The maximum Gasteiger partial charge on any atom is 0.0644 e. The average Bonchev–Trinajstić information content (AvgIpc) is 2.22. The standard InChI is InChI=1S/C14H29FOS/c1-7-9-10-12(8-2)16-13(3,4)11-14(5,6)17-15/h12H,7-11H2,1-6H3. The highest BCUT2D eigenvalue weighted by molar-refractivity contribution is 7.95. The van der Waals surface area contributed by atoms with E-state index < -0.39 is 0 Å². The van der Waals surface area contributed by atoms with Gasteiger partial charge >= 0.3 is 0 Å². The lowest BCUT2D eigenvalue weighted by atomic mass is 9.94. The third-order valence-electron chi connectivity index (χ3n) is 2.88. The maximum atomic E-state index is 12.8. The Balaban J connectivity index is 4.29. The quantitative estimate of drug-likeness (QED) is 0.541. The largest absolute Gasteiger partial charge is 0.372 e. The van der Waals surface area contributed by atoms with Gasteiger partial charge in [-0.25, -0.2) is 0 Å². The van der Waals surface area contributed by atoms with Gasteiger partial charge in [0.2, 0.25) is 0 Å². The van der Waals surface area contributed by atoms with Gasteiger partial charge in [0.15, 0.2) is 0 Å². The van der Waals surface area contributed by atoms with Crippen LogP contribution in [0.1, 0.15) is 73.6 Å². The molecule has 0 saturated carbocycles. The Hall–Kier alpha value is 0.240.